The fourth-order valence-corrected chi connectivity index (χ4v) is 11.6. The van der Waals surface area contributed by atoms with E-state index < -0.39 is 0 Å². The average molecular weight is 943 g/mol. The van der Waals surface area contributed by atoms with Crippen LogP contribution in [-0.4, -0.2) is 15.9 Å². The SMILES string of the molecule is C=N/C=C\C(=C/C)c1c(-n2c3cc(-c4ccc(C)cc4C)ccc3c3ccc(-c4ccc(C)cc4C)cc32)cc(C#N)cc1-n1c2cc(-c3ccc(C)cc3C)ccc2c2ccc(-c3ccc(C)cc3C)cc21. The van der Waals surface area contributed by atoms with Crippen molar-refractivity contribution in [2.24, 2.45) is 4.99 Å². The summed E-state index contributed by atoms with van der Waals surface area (Å²) < 4.78 is 4.83. The summed E-state index contributed by atoms with van der Waals surface area (Å²) in [6.45, 7) is 23.3. The van der Waals surface area contributed by atoms with E-state index in [9.17, 15) is 5.26 Å². The Morgan fingerprint density at radius 2 is 0.753 bits per heavy atom. The van der Waals surface area contributed by atoms with Crippen molar-refractivity contribution in [1.82, 2.24) is 9.13 Å². The zero-order valence-electron chi connectivity index (χ0n) is 43.2. The first kappa shape index (κ1) is 46.6. The zero-order chi connectivity index (χ0) is 50.8. The molecule has 4 nitrogen and oxygen atoms in total. The van der Waals surface area contributed by atoms with Crippen molar-refractivity contribution in [2.75, 3.05) is 0 Å². The fourth-order valence-electron chi connectivity index (χ4n) is 11.6. The Bertz CT molecular complexity index is 3750. The molecule has 2 heterocycles. The van der Waals surface area contributed by atoms with Gasteiger partial charge in [-0.25, -0.2) is 0 Å². The quantitative estimate of drug-likeness (QED) is 0.105. The van der Waals surface area contributed by atoms with Crippen LogP contribution in [0.5, 0.6) is 0 Å². The lowest BCUT2D eigenvalue weighted by Gasteiger charge is -2.22. The van der Waals surface area contributed by atoms with Gasteiger partial charge in [0, 0.05) is 33.3 Å². The van der Waals surface area contributed by atoms with Gasteiger partial charge in [0.1, 0.15) is 0 Å². The van der Waals surface area contributed by atoms with Gasteiger partial charge in [-0.3, -0.25) is 4.99 Å². The zero-order valence-corrected chi connectivity index (χ0v) is 43.2. The van der Waals surface area contributed by atoms with E-state index in [4.69, 9.17) is 0 Å². The van der Waals surface area contributed by atoms with E-state index in [1.54, 1.807) is 6.20 Å². The third kappa shape index (κ3) is 8.08. The highest BCUT2D eigenvalue weighted by Gasteiger charge is 2.25. The Labute approximate surface area is 429 Å². The lowest BCUT2D eigenvalue weighted by atomic mass is 9.96. The number of allylic oxidation sites excluding steroid dienone is 3. The number of nitriles is 1. The molecule has 2 aromatic heterocycles. The molecule has 0 atom stereocenters. The van der Waals surface area contributed by atoms with Crippen LogP contribution in [0, 0.1) is 66.7 Å². The topological polar surface area (TPSA) is 46.0 Å². The number of hydrogen-bond acceptors (Lipinski definition) is 2. The van der Waals surface area contributed by atoms with Crippen molar-refractivity contribution in [1.29, 1.82) is 5.26 Å². The number of nitrogens with zero attached hydrogens (tertiary/aromatic N) is 4. The number of aromatic nitrogens is 2. The molecule has 0 aliphatic heterocycles. The number of fused-ring (bicyclic) bond motifs is 6. The minimum atomic E-state index is 0.548. The maximum absolute atomic E-state index is 11.3. The van der Waals surface area contributed by atoms with Crippen molar-refractivity contribution in [3.05, 3.63) is 232 Å². The lowest BCUT2D eigenvalue weighted by molar-refractivity contribution is 1.11. The normalized spacial score (nSPS) is 12.0. The van der Waals surface area contributed by atoms with E-state index in [1.807, 2.05) is 6.08 Å². The molecule has 73 heavy (non-hydrogen) atoms. The molecule has 354 valence electrons. The minimum absolute atomic E-state index is 0.548. The molecule has 4 heteroatoms. The molecule has 0 radical (unpaired) electrons. The third-order valence-electron chi connectivity index (χ3n) is 15.0. The van der Waals surface area contributed by atoms with Crippen LogP contribution in [0.4, 0.5) is 0 Å². The van der Waals surface area contributed by atoms with Gasteiger partial charge in [0.15, 0.2) is 0 Å². The van der Waals surface area contributed by atoms with Crippen molar-refractivity contribution in [3.8, 4) is 62.0 Å². The van der Waals surface area contributed by atoms with Gasteiger partial charge in [-0.2, -0.15) is 5.26 Å². The Balaban J connectivity index is 1.32. The Morgan fingerprint density at radius 1 is 0.438 bits per heavy atom. The number of aliphatic imine (C=N–C) groups is 1. The molecule has 11 aromatic rings. The van der Waals surface area contributed by atoms with Crippen molar-refractivity contribution >= 4 is 55.9 Å². The van der Waals surface area contributed by atoms with Gasteiger partial charge < -0.3 is 9.13 Å². The second-order valence-corrected chi connectivity index (χ2v) is 20.1. The monoisotopic (exact) mass is 942 g/mol. The van der Waals surface area contributed by atoms with Crippen LogP contribution in [0.3, 0.4) is 0 Å². The van der Waals surface area contributed by atoms with Gasteiger partial charge in [-0.1, -0.05) is 150 Å². The maximum atomic E-state index is 11.3. The highest BCUT2D eigenvalue weighted by Crippen LogP contribution is 2.45. The summed E-state index contributed by atoms with van der Waals surface area (Å²) in [5, 5.41) is 15.8. The Hall–Kier alpha value is -8.78. The fraction of sp³-hybridized carbons (Fsp3) is 0.130. The van der Waals surface area contributed by atoms with E-state index in [0.717, 1.165) is 88.4 Å². The van der Waals surface area contributed by atoms with Crippen LogP contribution >= 0.6 is 0 Å². The largest absolute Gasteiger partial charge is 0.308 e. The van der Waals surface area contributed by atoms with Gasteiger partial charge >= 0.3 is 0 Å². The molecule has 0 unspecified atom stereocenters. The molecule has 0 bridgehead atoms. The van der Waals surface area contributed by atoms with E-state index >= 15 is 0 Å². The smallest absolute Gasteiger partial charge is 0.0993 e. The number of rotatable bonds is 9. The van der Waals surface area contributed by atoms with Gasteiger partial charge in [-0.15, -0.1) is 0 Å². The molecular formula is C69H58N4. The number of aryl methyl sites for hydroxylation is 8. The van der Waals surface area contributed by atoms with E-state index in [0.29, 0.717) is 5.56 Å². The second kappa shape index (κ2) is 18.4. The minimum Gasteiger partial charge on any atom is -0.308 e. The van der Waals surface area contributed by atoms with Gasteiger partial charge in [0.25, 0.3) is 0 Å². The molecule has 0 amide bonds. The number of hydrogen-bond donors (Lipinski definition) is 0. The molecule has 0 aliphatic carbocycles. The van der Waals surface area contributed by atoms with E-state index in [-0.39, 0.29) is 0 Å². The first-order valence-electron chi connectivity index (χ1n) is 25.2. The van der Waals surface area contributed by atoms with Crippen LogP contribution in [-0.2, 0) is 0 Å². The van der Waals surface area contributed by atoms with Gasteiger partial charge in [0.05, 0.1) is 45.1 Å². The van der Waals surface area contributed by atoms with Crippen LogP contribution in [0.25, 0.3) is 105 Å². The van der Waals surface area contributed by atoms with Gasteiger partial charge in [-0.05, 0) is 184 Å². The Kier molecular flexibility index (Phi) is 11.8. The highest BCUT2D eigenvalue weighted by molar-refractivity contribution is 6.14. The van der Waals surface area contributed by atoms with Gasteiger partial charge in [0.2, 0.25) is 0 Å². The standard InChI is InChI=1S/C69H58N4/c1-11-50(28-29-71-10)69-67(72-63-36-51(55-20-12-41(2)30-45(55)6)16-24-59(63)60-25-17-52(37-64(60)72)56-21-13-42(3)31-46(56)7)34-49(40-70)35-68(69)73-65-38-53(57-22-14-43(4)32-47(57)8)18-26-61(65)62-27-19-54(39-66(62)73)58-23-15-44(5)33-48(58)9/h11-39H,10H2,1-9H3/b29-28-,50-11+. The van der Waals surface area contributed by atoms with Crippen molar-refractivity contribution in [2.45, 2.75) is 62.3 Å². The lowest BCUT2D eigenvalue weighted by Crippen LogP contribution is -2.07. The molecule has 9 aromatic carbocycles. The summed E-state index contributed by atoms with van der Waals surface area (Å²) in [6.07, 6.45) is 5.97. The molecule has 0 saturated carbocycles. The predicted molar refractivity (Wildman–Crippen MR) is 312 cm³/mol. The summed E-state index contributed by atoms with van der Waals surface area (Å²) in [5.41, 5.74) is 27.5. The summed E-state index contributed by atoms with van der Waals surface area (Å²) in [4.78, 5) is 4.27. The average Bonchev–Trinajstić information content (AvgIpc) is 3.87. The molecular weight excluding hydrogens is 885 g/mol. The maximum Gasteiger partial charge on any atom is 0.0993 e. The Morgan fingerprint density at radius 3 is 1.01 bits per heavy atom. The van der Waals surface area contributed by atoms with E-state index in [1.165, 1.54) is 66.8 Å². The van der Waals surface area contributed by atoms with Crippen LogP contribution in [0.2, 0.25) is 0 Å². The van der Waals surface area contributed by atoms with E-state index in [2.05, 4.69) is 253 Å². The molecule has 11 rings (SSSR count). The van der Waals surface area contributed by atoms with Crippen molar-refractivity contribution in [3.63, 3.8) is 0 Å². The molecule has 0 aliphatic rings. The van der Waals surface area contributed by atoms with Crippen molar-refractivity contribution < 1.29 is 0 Å². The van der Waals surface area contributed by atoms with Crippen LogP contribution in [0.15, 0.2) is 181 Å². The predicted octanol–water partition coefficient (Wildman–Crippen LogP) is 18.5. The third-order valence-corrected chi connectivity index (χ3v) is 15.0. The first-order chi connectivity index (χ1) is 35.3. The molecule has 0 spiro atoms. The molecule has 0 fully saturated rings. The summed E-state index contributed by atoms with van der Waals surface area (Å²) in [5.74, 6) is 0. The van der Waals surface area contributed by atoms with Crippen LogP contribution in [0.1, 0.15) is 62.6 Å². The van der Waals surface area contributed by atoms with Crippen LogP contribution < -0.4 is 0 Å². The summed E-state index contributed by atoms with van der Waals surface area (Å²) in [6, 6.07) is 61.1. The second-order valence-electron chi connectivity index (χ2n) is 20.1. The molecule has 0 saturated heterocycles. The summed E-state index contributed by atoms with van der Waals surface area (Å²) >= 11 is 0. The molecule has 0 N–H and O–H groups in total. The first-order valence-corrected chi connectivity index (χ1v) is 25.2. The highest BCUT2D eigenvalue weighted by atomic mass is 15.0. The number of benzene rings is 9. The summed E-state index contributed by atoms with van der Waals surface area (Å²) in [7, 11) is 0.